The summed E-state index contributed by atoms with van der Waals surface area (Å²) >= 11 is 1.43. The van der Waals surface area contributed by atoms with Crippen LogP contribution in [0.25, 0.3) is 10.9 Å². The lowest BCUT2D eigenvalue weighted by Gasteiger charge is -2.14. The van der Waals surface area contributed by atoms with Gasteiger partial charge in [-0.2, -0.15) is 5.06 Å². The summed E-state index contributed by atoms with van der Waals surface area (Å²) in [6.45, 7) is 0. The molecular formula is C14H10N2O3S. The number of nitrogens with one attached hydrogen (secondary N) is 1. The standard InChI is InChI=1S/C14H10N2O3S/c17-13-11(6-9-7-20-8-12(9)15-13)14(18)16(19)10-4-2-1-3-5-10/h1-8,19H,(H,15,17). The summed E-state index contributed by atoms with van der Waals surface area (Å²) in [5.74, 6) is -0.759. The Bertz CT molecular complexity index is 823. The number of H-pyrrole nitrogens is 1. The van der Waals surface area contributed by atoms with Gasteiger partial charge < -0.3 is 4.98 Å². The van der Waals surface area contributed by atoms with Gasteiger partial charge in [0.1, 0.15) is 5.56 Å². The highest BCUT2D eigenvalue weighted by atomic mass is 32.1. The first-order valence-corrected chi connectivity index (χ1v) is 6.79. The van der Waals surface area contributed by atoms with E-state index >= 15 is 0 Å². The molecule has 1 aromatic carbocycles. The number of anilines is 1. The maximum Gasteiger partial charge on any atom is 0.287 e. The normalized spacial score (nSPS) is 10.7. The van der Waals surface area contributed by atoms with Crippen molar-refractivity contribution in [1.29, 1.82) is 0 Å². The van der Waals surface area contributed by atoms with Crippen LogP contribution in [-0.2, 0) is 0 Å². The van der Waals surface area contributed by atoms with Crippen LogP contribution in [-0.4, -0.2) is 16.1 Å². The largest absolute Gasteiger partial charge is 0.321 e. The number of fused-ring (bicyclic) bond motifs is 1. The molecule has 6 heteroatoms. The van der Waals surface area contributed by atoms with E-state index in [1.807, 2.05) is 5.38 Å². The number of aromatic nitrogens is 1. The zero-order chi connectivity index (χ0) is 14.1. The first-order valence-electron chi connectivity index (χ1n) is 5.84. The highest BCUT2D eigenvalue weighted by molar-refractivity contribution is 7.09. The third-order valence-electron chi connectivity index (χ3n) is 2.91. The van der Waals surface area contributed by atoms with Crippen molar-refractivity contribution >= 4 is 33.8 Å². The van der Waals surface area contributed by atoms with Crippen molar-refractivity contribution in [1.82, 2.24) is 4.98 Å². The van der Waals surface area contributed by atoms with Crippen LogP contribution in [0.5, 0.6) is 0 Å². The van der Waals surface area contributed by atoms with Gasteiger partial charge in [-0.1, -0.05) is 18.2 Å². The molecule has 0 aliphatic heterocycles. The molecule has 0 aliphatic rings. The second-order valence-electron chi connectivity index (χ2n) is 4.21. The van der Waals surface area contributed by atoms with Gasteiger partial charge >= 0.3 is 0 Å². The summed E-state index contributed by atoms with van der Waals surface area (Å²) in [5.41, 5.74) is 0.376. The van der Waals surface area contributed by atoms with Gasteiger partial charge in [0.25, 0.3) is 11.5 Å². The van der Waals surface area contributed by atoms with Crippen LogP contribution in [0.3, 0.4) is 0 Å². The van der Waals surface area contributed by atoms with Crippen LogP contribution < -0.4 is 10.6 Å². The fraction of sp³-hybridized carbons (Fsp3) is 0. The number of hydrogen-bond donors (Lipinski definition) is 2. The number of carbonyl (C=O) groups is 1. The lowest BCUT2D eigenvalue weighted by molar-refractivity contribution is 0.0853. The number of hydroxylamine groups is 1. The lowest BCUT2D eigenvalue weighted by Crippen LogP contribution is -2.32. The van der Waals surface area contributed by atoms with E-state index in [9.17, 15) is 14.8 Å². The second kappa shape index (κ2) is 4.92. The number of pyridine rings is 1. The minimum Gasteiger partial charge on any atom is -0.321 e. The van der Waals surface area contributed by atoms with Crippen molar-refractivity contribution in [2.75, 3.05) is 5.06 Å². The molecule has 0 spiro atoms. The Balaban J connectivity index is 2.04. The number of nitrogens with zero attached hydrogens (tertiary/aromatic N) is 1. The Morgan fingerprint density at radius 2 is 1.95 bits per heavy atom. The molecule has 0 fully saturated rings. The van der Waals surface area contributed by atoms with Crippen LogP contribution in [0, 0.1) is 0 Å². The lowest BCUT2D eigenvalue weighted by atomic mass is 10.2. The van der Waals surface area contributed by atoms with Gasteiger partial charge in [0.05, 0.1) is 11.2 Å². The van der Waals surface area contributed by atoms with Gasteiger partial charge in [-0.25, -0.2) is 0 Å². The summed E-state index contributed by atoms with van der Waals surface area (Å²) in [7, 11) is 0. The Kier molecular flexibility index (Phi) is 3.09. The number of amides is 1. The molecule has 3 rings (SSSR count). The van der Waals surface area contributed by atoms with E-state index in [-0.39, 0.29) is 5.56 Å². The molecule has 5 nitrogen and oxygen atoms in total. The maximum absolute atomic E-state index is 12.2. The third-order valence-corrected chi connectivity index (χ3v) is 3.67. The molecule has 3 aromatic rings. The summed E-state index contributed by atoms with van der Waals surface area (Å²) in [4.78, 5) is 26.7. The van der Waals surface area contributed by atoms with Crippen molar-refractivity contribution in [3.8, 4) is 0 Å². The number of hydrogen-bond acceptors (Lipinski definition) is 4. The predicted octanol–water partition coefficient (Wildman–Crippen LogP) is 2.63. The van der Waals surface area contributed by atoms with Gasteiger partial charge in [-0.05, 0) is 18.2 Å². The molecule has 2 aromatic heterocycles. The van der Waals surface area contributed by atoms with E-state index in [1.54, 1.807) is 35.7 Å². The molecule has 100 valence electrons. The van der Waals surface area contributed by atoms with Gasteiger partial charge in [0.15, 0.2) is 0 Å². The molecule has 2 N–H and O–H groups in total. The molecule has 0 saturated heterocycles. The Hall–Kier alpha value is -2.44. The Morgan fingerprint density at radius 3 is 2.70 bits per heavy atom. The van der Waals surface area contributed by atoms with E-state index in [0.29, 0.717) is 16.3 Å². The first kappa shape index (κ1) is 12.6. The number of para-hydroxylation sites is 1. The minimum atomic E-state index is -0.759. The highest BCUT2D eigenvalue weighted by Crippen LogP contribution is 2.18. The summed E-state index contributed by atoms with van der Waals surface area (Å²) < 4.78 is 0. The maximum atomic E-state index is 12.2. The van der Waals surface area contributed by atoms with Crippen molar-refractivity contribution in [3.63, 3.8) is 0 Å². The fourth-order valence-electron chi connectivity index (χ4n) is 1.89. The fourth-order valence-corrected chi connectivity index (χ4v) is 2.63. The molecule has 0 aliphatic carbocycles. The highest BCUT2D eigenvalue weighted by Gasteiger charge is 2.19. The van der Waals surface area contributed by atoms with E-state index in [4.69, 9.17) is 0 Å². The van der Waals surface area contributed by atoms with Gasteiger partial charge in [-0.15, -0.1) is 11.3 Å². The SMILES string of the molecule is O=C(c1cc2cscc2[nH]c1=O)N(O)c1ccccc1. The minimum absolute atomic E-state index is 0.0951. The average molecular weight is 286 g/mol. The zero-order valence-electron chi connectivity index (χ0n) is 10.2. The van der Waals surface area contributed by atoms with Gasteiger partial charge in [0.2, 0.25) is 0 Å². The molecule has 0 radical (unpaired) electrons. The zero-order valence-corrected chi connectivity index (χ0v) is 11.1. The molecular weight excluding hydrogens is 276 g/mol. The first-order chi connectivity index (χ1) is 9.66. The number of aromatic amines is 1. The van der Waals surface area contributed by atoms with Crippen LogP contribution in [0.2, 0.25) is 0 Å². The molecule has 0 unspecified atom stereocenters. The number of carbonyl (C=O) groups excluding carboxylic acids is 1. The summed E-state index contributed by atoms with van der Waals surface area (Å²) in [5, 5.41) is 14.8. The molecule has 0 saturated carbocycles. The van der Waals surface area contributed by atoms with Crippen molar-refractivity contribution < 1.29 is 10.0 Å². The average Bonchev–Trinajstić information content (AvgIpc) is 2.93. The van der Waals surface area contributed by atoms with Crippen molar-refractivity contribution in [2.24, 2.45) is 0 Å². The number of benzene rings is 1. The van der Waals surface area contributed by atoms with Gasteiger partial charge in [-0.3, -0.25) is 14.8 Å². The number of rotatable bonds is 2. The molecule has 0 bridgehead atoms. The van der Waals surface area contributed by atoms with Crippen molar-refractivity contribution in [2.45, 2.75) is 0 Å². The quantitative estimate of drug-likeness (QED) is 0.562. The van der Waals surface area contributed by atoms with Crippen LogP contribution in [0.4, 0.5) is 5.69 Å². The monoisotopic (exact) mass is 286 g/mol. The van der Waals surface area contributed by atoms with E-state index in [0.717, 1.165) is 5.39 Å². The van der Waals surface area contributed by atoms with Crippen LogP contribution in [0.1, 0.15) is 10.4 Å². The van der Waals surface area contributed by atoms with Gasteiger partial charge in [0, 0.05) is 16.1 Å². The topological polar surface area (TPSA) is 73.4 Å². The van der Waals surface area contributed by atoms with Crippen LogP contribution >= 0.6 is 11.3 Å². The molecule has 2 heterocycles. The number of thiophene rings is 1. The predicted molar refractivity (Wildman–Crippen MR) is 77.5 cm³/mol. The third kappa shape index (κ3) is 2.11. The van der Waals surface area contributed by atoms with Crippen molar-refractivity contribution in [3.05, 3.63) is 63.1 Å². The molecule has 1 amide bonds. The Morgan fingerprint density at radius 1 is 1.20 bits per heavy atom. The van der Waals surface area contributed by atoms with Crippen LogP contribution in [0.15, 0.2) is 52.0 Å². The summed E-state index contributed by atoms with van der Waals surface area (Å²) in [6, 6.07) is 9.80. The van der Waals surface area contributed by atoms with E-state index < -0.39 is 11.5 Å². The Labute approximate surface area is 117 Å². The molecule has 20 heavy (non-hydrogen) atoms. The van der Waals surface area contributed by atoms with E-state index in [2.05, 4.69) is 4.98 Å². The second-order valence-corrected chi connectivity index (χ2v) is 4.95. The van der Waals surface area contributed by atoms with E-state index in [1.165, 1.54) is 17.4 Å². The smallest absolute Gasteiger partial charge is 0.287 e. The molecule has 0 atom stereocenters. The summed E-state index contributed by atoms with van der Waals surface area (Å²) in [6.07, 6.45) is 0.